The number of hydrogen-bond donors (Lipinski definition) is 1. The molecule has 0 unspecified atom stereocenters. The monoisotopic (exact) mass is 389 g/mol. The molecule has 1 N–H and O–H groups in total. The Labute approximate surface area is 165 Å². The summed E-state index contributed by atoms with van der Waals surface area (Å²) in [6.07, 6.45) is 3.61. The van der Waals surface area contributed by atoms with Crippen LogP contribution in [-0.2, 0) is 24.1 Å². The van der Waals surface area contributed by atoms with Crippen LogP contribution in [0.15, 0.2) is 0 Å². The molecule has 0 radical (unpaired) electrons. The topological polar surface area (TPSA) is 53.5 Å². The fraction of sp³-hybridized carbons (Fsp3) is 0.700. The number of likely N-dealkylation sites (N-methyl/N-ethyl adjacent to an activating group) is 1. The summed E-state index contributed by atoms with van der Waals surface area (Å²) >= 11 is 1.89. The Kier molecular flexibility index (Phi) is 5.92. The van der Waals surface area contributed by atoms with E-state index in [-0.39, 0.29) is 0 Å². The van der Waals surface area contributed by atoms with Gasteiger partial charge in [0, 0.05) is 31.1 Å². The molecular formula is C20H31N5OS. The number of aryl methyl sites for hydroxylation is 1. The van der Waals surface area contributed by atoms with E-state index < -0.39 is 0 Å². The molecule has 0 bridgehead atoms. The first-order valence-electron chi connectivity index (χ1n) is 10.1. The lowest BCUT2D eigenvalue weighted by Gasteiger charge is -2.26. The van der Waals surface area contributed by atoms with Gasteiger partial charge in [0.25, 0.3) is 0 Å². The standard InChI is InChI=1S/C20H31N5OS/c1-14-4-5-15-16(12-14)27-20-18(15)19(21-6-7-24(2)3)22-17(23-20)13-25-8-10-26-11-9-25/h14H,4-13H2,1-3H3,(H,21,22,23)/t14-/m1/s1. The molecule has 148 valence electrons. The highest BCUT2D eigenvalue weighted by atomic mass is 32.1. The van der Waals surface area contributed by atoms with Crippen LogP contribution < -0.4 is 5.32 Å². The third kappa shape index (κ3) is 4.42. The lowest BCUT2D eigenvalue weighted by molar-refractivity contribution is 0.0331. The van der Waals surface area contributed by atoms with E-state index in [1.54, 1.807) is 0 Å². The smallest absolute Gasteiger partial charge is 0.146 e. The maximum absolute atomic E-state index is 5.47. The van der Waals surface area contributed by atoms with Gasteiger partial charge in [-0.2, -0.15) is 0 Å². The third-order valence-corrected chi connectivity index (χ3v) is 6.67. The molecule has 27 heavy (non-hydrogen) atoms. The second-order valence-electron chi connectivity index (χ2n) is 8.14. The van der Waals surface area contributed by atoms with E-state index in [0.717, 1.165) is 69.9 Å². The largest absolute Gasteiger partial charge is 0.379 e. The lowest BCUT2D eigenvalue weighted by Crippen LogP contribution is -2.36. The summed E-state index contributed by atoms with van der Waals surface area (Å²) in [5.41, 5.74) is 1.50. The second-order valence-corrected chi connectivity index (χ2v) is 9.22. The molecule has 6 nitrogen and oxygen atoms in total. The molecule has 0 spiro atoms. The first kappa shape index (κ1) is 19.1. The van der Waals surface area contributed by atoms with Crippen LogP contribution in [0, 0.1) is 5.92 Å². The van der Waals surface area contributed by atoms with E-state index in [1.807, 2.05) is 11.3 Å². The maximum Gasteiger partial charge on any atom is 0.146 e. The number of morpholine rings is 1. The summed E-state index contributed by atoms with van der Waals surface area (Å²) in [5, 5.41) is 4.90. The van der Waals surface area contributed by atoms with Gasteiger partial charge in [0.1, 0.15) is 16.5 Å². The van der Waals surface area contributed by atoms with Crippen molar-refractivity contribution < 1.29 is 4.74 Å². The van der Waals surface area contributed by atoms with Gasteiger partial charge in [-0.15, -0.1) is 11.3 Å². The Morgan fingerprint density at radius 3 is 2.85 bits per heavy atom. The van der Waals surface area contributed by atoms with Crippen molar-refractivity contribution in [3.05, 3.63) is 16.3 Å². The zero-order chi connectivity index (χ0) is 18.8. The van der Waals surface area contributed by atoms with Crippen molar-refractivity contribution >= 4 is 27.4 Å². The van der Waals surface area contributed by atoms with E-state index in [4.69, 9.17) is 14.7 Å². The predicted molar refractivity (Wildman–Crippen MR) is 112 cm³/mol. The molecule has 2 aromatic heterocycles. The highest BCUT2D eigenvalue weighted by Crippen LogP contribution is 2.40. The van der Waals surface area contributed by atoms with Gasteiger partial charge in [0.15, 0.2) is 0 Å². The highest BCUT2D eigenvalue weighted by molar-refractivity contribution is 7.19. The van der Waals surface area contributed by atoms with Gasteiger partial charge in [-0.05, 0) is 44.8 Å². The van der Waals surface area contributed by atoms with Crippen LogP contribution in [0.2, 0.25) is 0 Å². The van der Waals surface area contributed by atoms with Crippen LogP contribution in [0.5, 0.6) is 0 Å². The summed E-state index contributed by atoms with van der Waals surface area (Å²) in [4.78, 5) is 17.2. The fourth-order valence-corrected chi connectivity index (χ4v) is 5.34. The minimum atomic E-state index is 0.775. The van der Waals surface area contributed by atoms with Crippen LogP contribution in [0.25, 0.3) is 10.2 Å². The molecule has 0 amide bonds. The molecular weight excluding hydrogens is 358 g/mol. The quantitative estimate of drug-likeness (QED) is 0.820. The van der Waals surface area contributed by atoms with E-state index in [2.05, 4.69) is 36.1 Å². The summed E-state index contributed by atoms with van der Waals surface area (Å²) in [6.45, 7) is 8.60. The molecule has 2 aromatic rings. The summed E-state index contributed by atoms with van der Waals surface area (Å²) in [6, 6.07) is 0. The highest BCUT2D eigenvalue weighted by Gasteiger charge is 2.24. The molecule has 1 saturated heterocycles. The summed E-state index contributed by atoms with van der Waals surface area (Å²) in [5.74, 6) is 2.75. The third-order valence-electron chi connectivity index (χ3n) is 5.52. The fourth-order valence-electron chi connectivity index (χ4n) is 3.94. The molecule has 7 heteroatoms. The summed E-state index contributed by atoms with van der Waals surface area (Å²) < 4.78 is 5.47. The molecule has 3 heterocycles. The van der Waals surface area contributed by atoms with Crippen LogP contribution in [0.3, 0.4) is 0 Å². The van der Waals surface area contributed by atoms with E-state index >= 15 is 0 Å². The first-order valence-corrected chi connectivity index (χ1v) is 10.9. The van der Waals surface area contributed by atoms with Gasteiger partial charge in [0.2, 0.25) is 0 Å². The molecule has 1 aliphatic heterocycles. The first-order chi connectivity index (χ1) is 13.1. The molecule has 1 aliphatic carbocycles. The molecule has 4 rings (SSSR count). The molecule has 0 saturated carbocycles. The average Bonchev–Trinajstić information content (AvgIpc) is 2.99. The van der Waals surface area contributed by atoms with Crippen LogP contribution >= 0.6 is 11.3 Å². The minimum Gasteiger partial charge on any atom is -0.379 e. The van der Waals surface area contributed by atoms with Gasteiger partial charge < -0.3 is 15.0 Å². The average molecular weight is 390 g/mol. The van der Waals surface area contributed by atoms with Gasteiger partial charge in [-0.1, -0.05) is 6.92 Å². The summed E-state index contributed by atoms with van der Waals surface area (Å²) in [7, 11) is 4.21. The number of anilines is 1. The van der Waals surface area contributed by atoms with Crippen LogP contribution in [-0.4, -0.2) is 73.3 Å². The van der Waals surface area contributed by atoms with Crippen molar-refractivity contribution in [1.29, 1.82) is 0 Å². The van der Waals surface area contributed by atoms with Gasteiger partial charge in [-0.25, -0.2) is 9.97 Å². The van der Waals surface area contributed by atoms with Crippen molar-refractivity contribution in [2.24, 2.45) is 5.92 Å². The van der Waals surface area contributed by atoms with Crippen molar-refractivity contribution in [2.45, 2.75) is 32.7 Å². The van der Waals surface area contributed by atoms with Crippen molar-refractivity contribution in [3.8, 4) is 0 Å². The Morgan fingerprint density at radius 2 is 2.07 bits per heavy atom. The number of nitrogens with one attached hydrogen (secondary N) is 1. The normalized spacial score (nSPS) is 21.0. The number of thiophene rings is 1. The van der Waals surface area contributed by atoms with Gasteiger partial charge in [-0.3, -0.25) is 4.90 Å². The Bertz CT molecular complexity index is 784. The number of nitrogens with zero attached hydrogens (tertiary/aromatic N) is 4. The number of fused-ring (bicyclic) bond motifs is 3. The number of rotatable bonds is 6. The van der Waals surface area contributed by atoms with Crippen molar-refractivity contribution in [1.82, 2.24) is 19.8 Å². The van der Waals surface area contributed by atoms with Crippen molar-refractivity contribution in [2.75, 3.05) is 58.8 Å². The molecule has 2 aliphatic rings. The molecule has 1 fully saturated rings. The Hall–Kier alpha value is -1.28. The van der Waals surface area contributed by atoms with Gasteiger partial charge in [0.05, 0.1) is 25.1 Å². The van der Waals surface area contributed by atoms with E-state index in [0.29, 0.717) is 0 Å². The second kappa shape index (κ2) is 8.39. The number of hydrogen-bond acceptors (Lipinski definition) is 7. The number of ether oxygens (including phenoxy) is 1. The predicted octanol–water partition coefficient (Wildman–Crippen LogP) is 2.62. The Balaban J connectivity index is 1.65. The number of aromatic nitrogens is 2. The zero-order valence-corrected chi connectivity index (χ0v) is 17.6. The van der Waals surface area contributed by atoms with Crippen LogP contribution in [0.1, 0.15) is 29.6 Å². The molecule has 1 atom stereocenters. The minimum absolute atomic E-state index is 0.775. The zero-order valence-electron chi connectivity index (χ0n) is 16.8. The van der Waals surface area contributed by atoms with E-state index in [1.165, 1.54) is 33.5 Å². The lowest BCUT2D eigenvalue weighted by atomic mass is 9.89. The van der Waals surface area contributed by atoms with Gasteiger partial charge >= 0.3 is 0 Å². The SMILES string of the molecule is C[C@@H]1CCc2c(sc3nc(CN4CCOCC4)nc(NCCN(C)C)c23)C1. The van der Waals surface area contributed by atoms with Crippen molar-refractivity contribution in [3.63, 3.8) is 0 Å². The van der Waals surface area contributed by atoms with Crippen LogP contribution in [0.4, 0.5) is 5.82 Å². The molecule has 0 aromatic carbocycles. The maximum atomic E-state index is 5.47. The van der Waals surface area contributed by atoms with E-state index in [9.17, 15) is 0 Å². The Morgan fingerprint density at radius 1 is 1.26 bits per heavy atom.